The van der Waals surface area contributed by atoms with Crippen molar-refractivity contribution in [3.05, 3.63) is 70.6 Å². The van der Waals surface area contributed by atoms with E-state index in [1.165, 1.54) is 5.56 Å². The van der Waals surface area contributed by atoms with Gasteiger partial charge in [-0.25, -0.2) is 14.6 Å². The molecule has 2 aromatic heterocycles. The van der Waals surface area contributed by atoms with E-state index >= 15 is 0 Å². The first-order valence-electron chi connectivity index (χ1n) is 8.60. The molecule has 2 N–H and O–H groups in total. The smallest absolute Gasteiger partial charge is 0.168 e. The molecule has 28 heavy (non-hydrogen) atoms. The van der Waals surface area contributed by atoms with Crippen molar-refractivity contribution < 1.29 is 0 Å². The summed E-state index contributed by atoms with van der Waals surface area (Å²) >= 11 is 3.42. The van der Waals surface area contributed by atoms with Crippen molar-refractivity contribution in [2.45, 2.75) is 13.3 Å². The zero-order chi connectivity index (χ0) is 19.5. The minimum atomic E-state index is 0.113. The molecule has 0 atom stereocenters. The third-order valence-corrected chi connectivity index (χ3v) is 4.69. The first-order chi connectivity index (χ1) is 13.6. The highest BCUT2D eigenvalue weighted by Gasteiger charge is 2.14. The number of anilines is 2. The number of hydrazine groups is 1. The summed E-state index contributed by atoms with van der Waals surface area (Å²) in [5.74, 6) is 1.00. The Hall–Kier alpha value is -3.44. The second kappa shape index (κ2) is 7.66. The van der Waals surface area contributed by atoms with Crippen molar-refractivity contribution >= 4 is 38.5 Å². The number of nitrogens with one attached hydrogen (secondary N) is 2. The molecule has 7 nitrogen and oxygen atoms in total. The van der Waals surface area contributed by atoms with Gasteiger partial charge < -0.3 is 0 Å². The number of aryl methyl sites for hydroxylation is 1. The van der Waals surface area contributed by atoms with Crippen molar-refractivity contribution in [1.29, 1.82) is 5.26 Å². The summed E-state index contributed by atoms with van der Waals surface area (Å²) in [5, 5.41) is 14.3. The van der Waals surface area contributed by atoms with Gasteiger partial charge in [0.2, 0.25) is 0 Å². The van der Waals surface area contributed by atoms with E-state index in [1.807, 2.05) is 55.5 Å². The molecule has 0 aliphatic carbocycles. The van der Waals surface area contributed by atoms with Crippen LogP contribution >= 0.6 is 15.9 Å². The Kier molecular flexibility index (Phi) is 4.91. The van der Waals surface area contributed by atoms with Gasteiger partial charge in [0, 0.05) is 4.47 Å². The second-order valence-corrected chi connectivity index (χ2v) is 7.13. The number of aromatic nitrogens is 4. The van der Waals surface area contributed by atoms with Gasteiger partial charge >= 0.3 is 0 Å². The van der Waals surface area contributed by atoms with Crippen molar-refractivity contribution in [3.8, 4) is 11.8 Å². The van der Waals surface area contributed by atoms with E-state index in [2.05, 4.69) is 47.9 Å². The Morgan fingerprint density at radius 3 is 2.50 bits per heavy atom. The quantitative estimate of drug-likeness (QED) is 0.453. The van der Waals surface area contributed by atoms with Gasteiger partial charge in [0.15, 0.2) is 11.5 Å². The van der Waals surface area contributed by atoms with Crippen LogP contribution in [0.4, 0.5) is 11.5 Å². The minimum absolute atomic E-state index is 0.113. The number of benzene rings is 2. The van der Waals surface area contributed by atoms with E-state index in [0.29, 0.717) is 17.3 Å². The fraction of sp³-hybridized carbons (Fsp3) is 0.100. The van der Waals surface area contributed by atoms with Crippen molar-refractivity contribution in [1.82, 2.24) is 19.7 Å². The third kappa shape index (κ3) is 3.66. The number of hydrogen-bond acceptors (Lipinski definition) is 6. The van der Waals surface area contributed by atoms with Gasteiger partial charge in [-0.3, -0.25) is 10.9 Å². The predicted molar refractivity (Wildman–Crippen MR) is 112 cm³/mol. The van der Waals surface area contributed by atoms with Crippen molar-refractivity contribution in [2.75, 3.05) is 10.9 Å². The average molecular weight is 434 g/mol. The van der Waals surface area contributed by atoms with Crippen molar-refractivity contribution in [2.24, 2.45) is 0 Å². The monoisotopic (exact) mass is 433 g/mol. The molecule has 0 amide bonds. The zero-order valence-electron chi connectivity index (χ0n) is 15.0. The standard InChI is InChI=1S/C20H16BrN7/c1-13-2-8-16(9-3-13)28-20-17(12-23-28)19(24-18(25-20)10-11-22)27-26-15-6-4-14(21)5-7-15/h2-9,12,26H,10H2,1H3,(H,24,25,27). The van der Waals surface area contributed by atoms with Crippen LogP contribution in [0.2, 0.25) is 0 Å². The highest BCUT2D eigenvalue weighted by Crippen LogP contribution is 2.24. The van der Waals surface area contributed by atoms with Crippen LogP contribution in [0.1, 0.15) is 11.4 Å². The van der Waals surface area contributed by atoms with Crippen LogP contribution in [0.15, 0.2) is 59.2 Å². The summed E-state index contributed by atoms with van der Waals surface area (Å²) in [6, 6.07) is 17.9. The molecule has 0 saturated heterocycles. The first-order valence-corrected chi connectivity index (χ1v) is 9.39. The summed E-state index contributed by atoms with van der Waals surface area (Å²) < 4.78 is 2.75. The third-order valence-electron chi connectivity index (χ3n) is 4.16. The van der Waals surface area contributed by atoms with Crippen LogP contribution < -0.4 is 10.9 Å². The summed E-state index contributed by atoms with van der Waals surface area (Å²) in [4.78, 5) is 9.02. The van der Waals surface area contributed by atoms with Crippen LogP contribution in [-0.4, -0.2) is 19.7 Å². The van der Waals surface area contributed by atoms with Gasteiger partial charge in [-0.15, -0.1) is 0 Å². The maximum absolute atomic E-state index is 9.09. The largest absolute Gasteiger partial charge is 0.300 e. The maximum atomic E-state index is 9.09. The fourth-order valence-electron chi connectivity index (χ4n) is 2.74. The van der Waals surface area contributed by atoms with Gasteiger partial charge in [0.25, 0.3) is 0 Å². The number of halogens is 1. The Morgan fingerprint density at radius 2 is 1.79 bits per heavy atom. The van der Waals surface area contributed by atoms with Crippen LogP contribution in [-0.2, 0) is 6.42 Å². The second-order valence-electron chi connectivity index (χ2n) is 6.21. The van der Waals surface area contributed by atoms with Crippen molar-refractivity contribution in [3.63, 3.8) is 0 Å². The fourth-order valence-corrected chi connectivity index (χ4v) is 3.00. The van der Waals surface area contributed by atoms with Gasteiger partial charge in [0.1, 0.15) is 5.82 Å². The topological polar surface area (TPSA) is 91.5 Å². The SMILES string of the molecule is Cc1ccc(-n2ncc3c(NNc4ccc(Br)cc4)nc(CC#N)nc32)cc1. The van der Waals surface area contributed by atoms with E-state index in [9.17, 15) is 0 Å². The Labute approximate surface area is 170 Å². The van der Waals surface area contributed by atoms with E-state index in [-0.39, 0.29) is 6.42 Å². The number of hydrogen-bond donors (Lipinski definition) is 2. The molecular weight excluding hydrogens is 418 g/mol. The number of nitrogens with zero attached hydrogens (tertiary/aromatic N) is 5. The van der Waals surface area contributed by atoms with E-state index in [1.54, 1.807) is 10.9 Å². The molecule has 0 fully saturated rings. The molecule has 0 spiro atoms. The normalized spacial score (nSPS) is 10.6. The number of fused-ring (bicyclic) bond motifs is 1. The Balaban J connectivity index is 1.74. The predicted octanol–water partition coefficient (Wildman–Crippen LogP) is 4.39. The van der Waals surface area contributed by atoms with Gasteiger partial charge in [-0.05, 0) is 43.3 Å². The van der Waals surface area contributed by atoms with Gasteiger partial charge in [-0.1, -0.05) is 33.6 Å². The Morgan fingerprint density at radius 1 is 1.04 bits per heavy atom. The molecule has 2 heterocycles. The molecule has 0 radical (unpaired) electrons. The van der Waals surface area contributed by atoms with Gasteiger partial charge in [0.05, 0.1) is 35.4 Å². The first kappa shape index (κ1) is 17.9. The van der Waals surface area contributed by atoms with E-state index in [4.69, 9.17) is 5.26 Å². The van der Waals surface area contributed by atoms with Crippen LogP contribution in [0, 0.1) is 18.3 Å². The van der Waals surface area contributed by atoms with Crippen LogP contribution in [0.5, 0.6) is 0 Å². The highest BCUT2D eigenvalue weighted by atomic mass is 79.9. The summed E-state index contributed by atoms with van der Waals surface area (Å²) in [6.45, 7) is 2.04. The van der Waals surface area contributed by atoms with E-state index in [0.717, 1.165) is 21.2 Å². The van der Waals surface area contributed by atoms with Gasteiger partial charge in [-0.2, -0.15) is 10.4 Å². The average Bonchev–Trinajstić information content (AvgIpc) is 3.12. The lowest BCUT2D eigenvalue weighted by Crippen LogP contribution is -2.12. The minimum Gasteiger partial charge on any atom is -0.300 e. The summed E-state index contributed by atoms with van der Waals surface area (Å²) in [7, 11) is 0. The molecule has 0 bridgehead atoms. The summed E-state index contributed by atoms with van der Waals surface area (Å²) in [5.41, 5.74) is 9.83. The van der Waals surface area contributed by atoms with Crippen LogP contribution in [0.25, 0.3) is 16.7 Å². The molecule has 138 valence electrons. The number of rotatable bonds is 5. The van der Waals surface area contributed by atoms with Crippen LogP contribution in [0.3, 0.4) is 0 Å². The molecule has 4 rings (SSSR count). The molecule has 0 aliphatic rings. The maximum Gasteiger partial charge on any atom is 0.168 e. The molecule has 8 heteroatoms. The molecule has 0 unspecified atom stereocenters. The Bertz CT molecular complexity index is 1160. The molecule has 0 aliphatic heterocycles. The van der Waals surface area contributed by atoms with E-state index < -0.39 is 0 Å². The lowest BCUT2D eigenvalue weighted by atomic mass is 10.2. The lowest BCUT2D eigenvalue weighted by Gasteiger charge is -2.11. The highest BCUT2D eigenvalue weighted by molar-refractivity contribution is 9.10. The molecular formula is C20H16BrN7. The summed E-state index contributed by atoms with van der Waals surface area (Å²) in [6.07, 6.45) is 1.83. The molecule has 0 saturated carbocycles. The zero-order valence-corrected chi connectivity index (χ0v) is 16.6. The molecule has 2 aromatic carbocycles. The lowest BCUT2D eigenvalue weighted by molar-refractivity contribution is 0.885. The number of nitriles is 1. The molecule has 4 aromatic rings.